The molecule has 2 atom stereocenters. The van der Waals surface area contributed by atoms with Gasteiger partial charge in [-0.05, 0) is 25.5 Å². The molecule has 0 radical (unpaired) electrons. The number of carbonyl (C=O) groups excluding carboxylic acids is 1. The van der Waals surface area contributed by atoms with Crippen LogP contribution in [0.4, 0.5) is 0 Å². The van der Waals surface area contributed by atoms with E-state index in [-0.39, 0.29) is 11.6 Å². The third-order valence-electron chi connectivity index (χ3n) is 5.10. The minimum Gasteiger partial charge on any atom is -0.494 e. The number of carbonyl (C=O) groups is 1. The highest BCUT2D eigenvalue weighted by atomic mass is 16.5. The van der Waals surface area contributed by atoms with Crippen LogP contribution in [0.15, 0.2) is 65.4 Å². The van der Waals surface area contributed by atoms with Crippen molar-refractivity contribution in [2.45, 2.75) is 25.4 Å². The maximum Gasteiger partial charge on any atom is 0.266 e. The van der Waals surface area contributed by atoms with E-state index in [0.717, 1.165) is 22.1 Å². The van der Waals surface area contributed by atoms with Crippen molar-refractivity contribution in [2.24, 2.45) is 5.73 Å². The minimum absolute atomic E-state index is 0.218. The second-order valence-corrected chi connectivity index (χ2v) is 7.21. The first-order valence-electron chi connectivity index (χ1n) is 9.75. The smallest absolute Gasteiger partial charge is 0.266 e. The molecule has 0 saturated heterocycles. The summed E-state index contributed by atoms with van der Waals surface area (Å²) in [5.74, 6) is 1.12. The van der Waals surface area contributed by atoms with Crippen LogP contribution in [0.2, 0.25) is 0 Å². The van der Waals surface area contributed by atoms with Crippen molar-refractivity contribution in [3.63, 3.8) is 0 Å². The van der Waals surface area contributed by atoms with Gasteiger partial charge >= 0.3 is 0 Å². The lowest BCUT2D eigenvalue weighted by Crippen LogP contribution is -2.19. The fourth-order valence-electron chi connectivity index (χ4n) is 3.50. The van der Waals surface area contributed by atoms with Crippen LogP contribution in [0.25, 0.3) is 22.1 Å². The van der Waals surface area contributed by atoms with E-state index < -0.39 is 12.0 Å². The number of H-pyrrole nitrogens is 1. The van der Waals surface area contributed by atoms with Crippen LogP contribution in [-0.2, 0) is 0 Å². The molecule has 4 aromatic rings. The zero-order chi connectivity index (χ0) is 21.1. The van der Waals surface area contributed by atoms with Gasteiger partial charge in [0.15, 0.2) is 0 Å². The van der Waals surface area contributed by atoms with Gasteiger partial charge in [-0.25, -0.2) is 4.98 Å². The van der Waals surface area contributed by atoms with E-state index in [1.807, 2.05) is 48.5 Å². The molecular weight excluding hydrogens is 382 g/mol. The number of aliphatic hydroxyl groups is 1. The molecule has 7 nitrogen and oxygen atoms in total. The number of rotatable bonds is 8. The summed E-state index contributed by atoms with van der Waals surface area (Å²) < 4.78 is 11.7. The Hall–Kier alpha value is -3.58. The maximum atomic E-state index is 11.3. The van der Waals surface area contributed by atoms with Crippen LogP contribution < -0.4 is 10.5 Å². The Morgan fingerprint density at radius 2 is 2.10 bits per heavy atom. The van der Waals surface area contributed by atoms with E-state index in [9.17, 15) is 9.90 Å². The number of nitrogens with zero attached hydrogens (tertiary/aromatic N) is 1. The van der Waals surface area contributed by atoms with Crippen molar-refractivity contribution >= 4 is 16.7 Å². The molecule has 0 bridgehead atoms. The lowest BCUT2D eigenvalue weighted by molar-refractivity contribution is 0.0995. The zero-order valence-electron chi connectivity index (χ0n) is 16.5. The molecule has 4 rings (SSSR count). The number of aliphatic hydroxyl groups excluding tert-OH is 1. The zero-order valence-corrected chi connectivity index (χ0v) is 16.5. The molecular formula is C23H23N3O4. The Kier molecular flexibility index (Phi) is 5.54. The molecule has 7 heteroatoms. The second kappa shape index (κ2) is 8.42. The van der Waals surface area contributed by atoms with Crippen LogP contribution in [0.5, 0.6) is 5.75 Å². The Morgan fingerprint density at radius 3 is 2.87 bits per heavy atom. The molecule has 0 fully saturated rings. The Balaban J connectivity index is 1.45. The molecule has 2 aromatic heterocycles. The number of aromatic nitrogens is 2. The van der Waals surface area contributed by atoms with Crippen LogP contribution in [0.1, 0.15) is 35.6 Å². The third kappa shape index (κ3) is 4.06. The molecule has 0 spiro atoms. The Morgan fingerprint density at radius 1 is 1.27 bits per heavy atom. The number of nitrogens with one attached hydrogen (secondary N) is 1. The largest absolute Gasteiger partial charge is 0.494 e. The predicted molar refractivity (Wildman–Crippen MR) is 113 cm³/mol. The van der Waals surface area contributed by atoms with Crippen molar-refractivity contribution in [3.05, 3.63) is 72.5 Å². The molecule has 0 aliphatic heterocycles. The molecule has 154 valence electrons. The molecule has 0 unspecified atom stereocenters. The van der Waals surface area contributed by atoms with Gasteiger partial charge in [-0.3, -0.25) is 4.79 Å². The number of primary amides is 1. The number of nitrogens with two attached hydrogens (primary N) is 1. The van der Waals surface area contributed by atoms with E-state index in [2.05, 4.69) is 9.97 Å². The molecule has 2 aromatic carbocycles. The fraction of sp³-hybridized carbons (Fsp3) is 0.217. The van der Waals surface area contributed by atoms with Gasteiger partial charge in [0.1, 0.15) is 23.0 Å². The van der Waals surface area contributed by atoms with Crippen molar-refractivity contribution in [2.75, 3.05) is 6.61 Å². The van der Waals surface area contributed by atoms with Crippen LogP contribution >= 0.6 is 0 Å². The number of benzene rings is 2. The van der Waals surface area contributed by atoms with Crippen molar-refractivity contribution in [1.29, 1.82) is 0 Å². The SMILES string of the molecule is C[C@H](O)[C@H](CCOc1cccc(-c2occ3ccccc23)c1)c1ncc(C(N)=O)[nH]1. The first-order valence-corrected chi connectivity index (χ1v) is 9.75. The first kappa shape index (κ1) is 19.7. The van der Waals surface area contributed by atoms with Crippen LogP contribution in [-0.4, -0.2) is 33.7 Å². The van der Waals surface area contributed by atoms with Crippen molar-refractivity contribution in [3.8, 4) is 17.1 Å². The summed E-state index contributed by atoms with van der Waals surface area (Å²) in [4.78, 5) is 18.3. The van der Waals surface area contributed by atoms with Gasteiger partial charge in [-0.2, -0.15) is 0 Å². The summed E-state index contributed by atoms with van der Waals surface area (Å²) in [6, 6.07) is 15.7. The lowest BCUT2D eigenvalue weighted by Gasteiger charge is -2.18. The number of hydrogen-bond acceptors (Lipinski definition) is 5. The summed E-state index contributed by atoms with van der Waals surface area (Å²) in [6.45, 7) is 2.05. The summed E-state index contributed by atoms with van der Waals surface area (Å²) >= 11 is 0. The predicted octanol–water partition coefficient (Wildman–Crippen LogP) is 3.86. The summed E-state index contributed by atoms with van der Waals surface area (Å²) in [6.07, 6.45) is 2.97. The number of fused-ring (bicyclic) bond motifs is 1. The molecule has 30 heavy (non-hydrogen) atoms. The van der Waals surface area contributed by atoms with Gasteiger partial charge in [0, 0.05) is 22.3 Å². The van der Waals surface area contributed by atoms with Gasteiger partial charge < -0.3 is 25.0 Å². The third-order valence-corrected chi connectivity index (χ3v) is 5.10. The van der Waals surface area contributed by atoms with Gasteiger partial charge in [0.05, 0.1) is 25.2 Å². The van der Waals surface area contributed by atoms with E-state index >= 15 is 0 Å². The number of furan rings is 1. The highest BCUT2D eigenvalue weighted by molar-refractivity contribution is 5.94. The molecule has 2 heterocycles. The van der Waals surface area contributed by atoms with Gasteiger partial charge in [0.2, 0.25) is 0 Å². The second-order valence-electron chi connectivity index (χ2n) is 7.21. The van der Waals surface area contributed by atoms with E-state index in [4.69, 9.17) is 14.9 Å². The molecule has 0 aliphatic carbocycles. The number of aromatic amines is 1. The fourth-order valence-corrected chi connectivity index (χ4v) is 3.50. The molecule has 0 aliphatic rings. The van der Waals surface area contributed by atoms with Gasteiger partial charge in [0.25, 0.3) is 5.91 Å². The van der Waals surface area contributed by atoms with Crippen LogP contribution in [0.3, 0.4) is 0 Å². The summed E-state index contributed by atoms with van der Waals surface area (Å²) in [5.41, 5.74) is 6.41. The Labute approximate surface area is 173 Å². The minimum atomic E-state index is -0.665. The number of ether oxygens (including phenoxy) is 1. The maximum absolute atomic E-state index is 11.3. The van der Waals surface area contributed by atoms with Gasteiger partial charge in [-0.1, -0.05) is 36.4 Å². The quantitative estimate of drug-likeness (QED) is 0.412. The molecule has 4 N–H and O–H groups in total. The highest BCUT2D eigenvalue weighted by Crippen LogP contribution is 2.32. The van der Waals surface area contributed by atoms with E-state index in [1.165, 1.54) is 6.20 Å². The van der Waals surface area contributed by atoms with E-state index in [0.29, 0.717) is 24.6 Å². The highest BCUT2D eigenvalue weighted by Gasteiger charge is 2.21. The molecule has 1 amide bonds. The standard InChI is InChI=1S/C23H23N3O4/c1-14(27)18(23-25-12-20(26-23)22(24)28)9-10-29-17-7-4-6-15(11-17)21-19-8-3-2-5-16(19)13-30-21/h2-8,11-14,18,27H,9-10H2,1H3,(H2,24,28)(H,25,26)/t14-,18-/m0/s1. The van der Waals surface area contributed by atoms with Crippen molar-refractivity contribution in [1.82, 2.24) is 9.97 Å². The Bertz CT molecular complexity index is 1160. The number of imidazole rings is 1. The topological polar surface area (TPSA) is 114 Å². The number of amides is 1. The normalized spacial score (nSPS) is 13.3. The van der Waals surface area contributed by atoms with Crippen molar-refractivity contribution < 1.29 is 19.1 Å². The van der Waals surface area contributed by atoms with E-state index in [1.54, 1.807) is 13.2 Å². The summed E-state index contributed by atoms with van der Waals surface area (Å²) in [7, 11) is 0. The average molecular weight is 405 g/mol. The number of hydrogen-bond donors (Lipinski definition) is 3. The molecule has 0 saturated carbocycles. The monoisotopic (exact) mass is 405 g/mol. The van der Waals surface area contributed by atoms with Crippen LogP contribution in [0, 0.1) is 0 Å². The average Bonchev–Trinajstić information content (AvgIpc) is 3.39. The first-order chi connectivity index (χ1) is 14.5. The lowest BCUT2D eigenvalue weighted by atomic mass is 9.99. The summed E-state index contributed by atoms with van der Waals surface area (Å²) in [5, 5.41) is 12.2. The van der Waals surface area contributed by atoms with Gasteiger partial charge in [-0.15, -0.1) is 0 Å².